The molecule has 1 aliphatic heterocycles. The van der Waals surface area contributed by atoms with Crippen LogP contribution in [0.15, 0.2) is 0 Å². The molecule has 0 bridgehead atoms. The summed E-state index contributed by atoms with van der Waals surface area (Å²) in [6, 6.07) is 1.87. The number of hydrogen-bond donors (Lipinski definition) is 2. The molecule has 2 fully saturated rings. The lowest BCUT2D eigenvalue weighted by Gasteiger charge is -2.39. The third-order valence-corrected chi connectivity index (χ3v) is 4.17. The second-order valence-electron chi connectivity index (χ2n) is 5.02. The monoisotopic (exact) mass is 212 g/mol. The van der Waals surface area contributed by atoms with E-state index in [0.717, 1.165) is 6.04 Å². The topological polar surface area (TPSA) is 35.5 Å². The van der Waals surface area contributed by atoms with E-state index < -0.39 is 0 Å². The molecule has 3 atom stereocenters. The fraction of sp³-hybridized carbons (Fsp3) is 1.00. The van der Waals surface area contributed by atoms with E-state index in [-0.39, 0.29) is 0 Å². The maximum Gasteiger partial charge on any atom is 0.0586 e. The van der Waals surface area contributed by atoms with Gasteiger partial charge in [-0.3, -0.25) is 4.90 Å². The summed E-state index contributed by atoms with van der Waals surface area (Å²) < 4.78 is 0. The van der Waals surface area contributed by atoms with E-state index in [1.54, 1.807) is 0 Å². The minimum absolute atomic E-state index is 0.348. The van der Waals surface area contributed by atoms with Gasteiger partial charge in [0.15, 0.2) is 0 Å². The van der Waals surface area contributed by atoms with Crippen molar-refractivity contribution in [1.29, 1.82) is 0 Å². The van der Waals surface area contributed by atoms with Gasteiger partial charge in [-0.2, -0.15) is 0 Å². The number of nitrogens with zero attached hydrogens (tertiary/aromatic N) is 1. The average molecular weight is 212 g/mol. The Hall–Kier alpha value is -0.120. The summed E-state index contributed by atoms with van der Waals surface area (Å²) in [5, 5.41) is 12.8. The van der Waals surface area contributed by atoms with Crippen molar-refractivity contribution in [2.24, 2.45) is 0 Å². The van der Waals surface area contributed by atoms with E-state index in [4.69, 9.17) is 0 Å². The van der Waals surface area contributed by atoms with Crippen molar-refractivity contribution in [2.75, 3.05) is 20.2 Å². The Morgan fingerprint density at radius 1 is 1.27 bits per heavy atom. The SMILES string of the molecule is CNC1CCC(N2CCCCC2CO)C1. The summed E-state index contributed by atoms with van der Waals surface area (Å²) in [6.07, 6.45) is 7.68. The molecule has 88 valence electrons. The van der Waals surface area contributed by atoms with Gasteiger partial charge in [-0.25, -0.2) is 0 Å². The number of hydrogen-bond acceptors (Lipinski definition) is 3. The highest BCUT2D eigenvalue weighted by atomic mass is 16.3. The Kier molecular flexibility index (Phi) is 4.00. The fourth-order valence-electron chi connectivity index (χ4n) is 3.22. The van der Waals surface area contributed by atoms with Crippen LogP contribution in [0.3, 0.4) is 0 Å². The fourth-order valence-corrected chi connectivity index (χ4v) is 3.22. The predicted octanol–water partition coefficient (Wildman–Crippen LogP) is 0.974. The highest BCUT2D eigenvalue weighted by Crippen LogP contribution is 2.29. The minimum atomic E-state index is 0.348. The number of aliphatic hydroxyl groups excluding tert-OH is 1. The van der Waals surface area contributed by atoms with Crippen LogP contribution < -0.4 is 5.32 Å². The van der Waals surface area contributed by atoms with Gasteiger partial charge in [0.2, 0.25) is 0 Å². The van der Waals surface area contributed by atoms with Gasteiger partial charge >= 0.3 is 0 Å². The summed E-state index contributed by atoms with van der Waals surface area (Å²) in [4.78, 5) is 2.57. The van der Waals surface area contributed by atoms with Crippen molar-refractivity contribution in [3.8, 4) is 0 Å². The van der Waals surface area contributed by atoms with Crippen molar-refractivity contribution in [3.05, 3.63) is 0 Å². The molecular weight excluding hydrogens is 188 g/mol. The van der Waals surface area contributed by atoms with E-state index in [1.807, 2.05) is 0 Å². The third-order valence-electron chi connectivity index (χ3n) is 4.17. The molecule has 3 unspecified atom stereocenters. The zero-order chi connectivity index (χ0) is 10.7. The molecule has 0 spiro atoms. The highest BCUT2D eigenvalue weighted by Gasteiger charge is 2.33. The van der Waals surface area contributed by atoms with E-state index in [1.165, 1.54) is 45.1 Å². The molecule has 1 saturated carbocycles. The molecule has 0 radical (unpaired) electrons. The minimum Gasteiger partial charge on any atom is -0.395 e. The first-order valence-corrected chi connectivity index (χ1v) is 6.39. The summed E-state index contributed by atoms with van der Waals surface area (Å²) in [7, 11) is 2.06. The molecule has 3 nitrogen and oxygen atoms in total. The number of aliphatic hydroxyl groups is 1. The zero-order valence-electron chi connectivity index (χ0n) is 9.78. The van der Waals surface area contributed by atoms with Gasteiger partial charge in [0.05, 0.1) is 6.61 Å². The molecule has 2 N–H and O–H groups in total. The number of nitrogens with one attached hydrogen (secondary N) is 1. The first kappa shape index (κ1) is 11.4. The van der Waals surface area contributed by atoms with Crippen molar-refractivity contribution < 1.29 is 5.11 Å². The average Bonchev–Trinajstić information content (AvgIpc) is 2.77. The lowest BCUT2D eigenvalue weighted by Crippen LogP contribution is -2.47. The number of likely N-dealkylation sites (tertiary alicyclic amines) is 1. The molecule has 3 heteroatoms. The van der Waals surface area contributed by atoms with E-state index in [2.05, 4.69) is 17.3 Å². The molecule has 1 saturated heterocycles. The normalized spacial score (nSPS) is 38.4. The van der Waals surface area contributed by atoms with Gasteiger partial charge in [0.25, 0.3) is 0 Å². The van der Waals surface area contributed by atoms with Crippen molar-refractivity contribution in [3.63, 3.8) is 0 Å². The molecule has 2 rings (SSSR count). The first-order chi connectivity index (χ1) is 7.35. The third kappa shape index (κ3) is 2.52. The van der Waals surface area contributed by atoms with E-state index in [0.29, 0.717) is 18.7 Å². The van der Waals surface area contributed by atoms with Crippen LogP contribution in [0.2, 0.25) is 0 Å². The van der Waals surface area contributed by atoms with E-state index >= 15 is 0 Å². The maximum absolute atomic E-state index is 9.39. The molecule has 15 heavy (non-hydrogen) atoms. The Bertz CT molecular complexity index is 198. The number of piperidine rings is 1. The molecule has 1 aliphatic carbocycles. The van der Waals surface area contributed by atoms with Crippen molar-refractivity contribution >= 4 is 0 Å². The van der Waals surface area contributed by atoms with Crippen molar-refractivity contribution in [2.45, 2.75) is 56.7 Å². The van der Waals surface area contributed by atoms with Crippen LogP contribution in [0.4, 0.5) is 0 Å². The summed E-state index contributed by atoms with van der Waals surface area (Å²) in [6.45, 7) is 1.55. The second-order valence-corrected chi connectivity index (χ2v) is 5.02. The van der Waals surface area contributed by atoms with Crippen LogP contribution in [0.1, 0.15) is 38.5 Å². The standard InChI is InChI=1S/C12H24N2O/c1-13-10-5-6-11(8-10)14-7-3-2-4-12(14)9-15/h10-13,15H,2-9H2,1H3. The molecule has 0 aromatic rings. The maximum atomic E-state index is 9.39. The molecule has 1 heterocycles. The summed E-state index contributed by atoms with van der Waals surface area (Å²) in [5.41, 5.74) is 0. The van der Waals surface area contributed by atoms with Gasteiger partial charge in [-0.15, -0.1) is 0 Å². The van der Waals surface area contributed by atoms with Gasteiger partial charge in [0.1, 0.15) is 0 Å². The Morgan fingerprint density at radius 2 is 2.13 bits per heavy atom. The quantitative estimate of drug-likeness (QED) is 0.732. The summed E-state index contributed by atoms with van der Waals surface area (Å²) >= 11 is 0. The smallest absolute Gasteiger partial charge is 0.0586 e. The van der Waals surface area contributed by atoms with Crippen LogP contribution in [-0.2, 0) is 0 Å². The zero-order valence-corrected chi connectivity index (χ0v) is 9.78. The first-order valence-electron chi connectivity index (χ1n) is 6.39. The summed E-state index contributed by atoms with van der Waals surface area (Å²) in [5.74, 6) is 0. The lowest BCUT2D eigenvalue weighted by molar-refractivity contribution is 0.0543. The van der Waals surface area contributed by atoms with Gasteiger partial charge in [-0.1, -0.05) is 6.42 Å². The van der Waals surface area contributed by atoms with Crippen LogP contribution in [-0.4, -0.2) is 48.3 Å². The van der Waals surface area contributed by atoms with Crippen LogP contribution in [0.5, 0.6) is 0 Å². The van der Waals surface area contributed by atoms with Crippen LogP contribution in [0.25, 0.3) is 0 Å². The lowest BCUT2D eigenvalue weighted by atomic mass is 9.99. The van der Waals surface area contributed by atoms with Crippen LogP contribution in [0, 0.1) is 0 Å². The van der Waals surface area contributed by atoms with Crippen molar-refractivity contribution in [1.82, 2.24) is 10.2 Å². The Morgan fingerprint density at radius 3 is 2.80 bits per heavy atom. The highest BCUT2D eigenvalue weighted by molar-refractivity contribution is 4.90. The predicted molar refractivity (Wildman–Crippen MR) is 61.9 cm³/mol. The molecular formula is C12H24N2O. The van der Waals surface area contributed by atoms with Gasteiger partial charge in [-0.05, 0) is 45.7 Å². The van der Waals surface area contributed by atoms with Gasteiger partial charge < -0.3 is 10.4 Å². The molecule has 0 aromatic carbocycles. The molecule has 0 aromatic heterocycles. The van der Waals surface area contributed by atoms with Crippen LogP contribution >= 0.6 is 0 Å². The Labute approximate surface area is 92.8 Å². The second kappa shape index (κ2) is 5.28. The van der Waals surface area contributed by atoms with E-state index in [9.17, 15) is 5.11 Å². The number of rotatable bonds is 3. The molecule has 0 amide bonds. The van der Waals surface area contributed by atoms with Gasteiger partial charge in [0, 0.05) is 18.1 Å². The largest absolute Gasteiger partial charge is 0.395 e. The molecule has 2 aliphatic rings. The Balaban J connectivity index is 1.90.